The lowest BCUT2D eigenvalue weighted by molar-refractivity contribution is 0.0660. The average Bonchev–Trinajstić information content (AvgIpc) is 2.89. The lowest BCUT2D eigenvalue weighted by Crippen LogP contribution is -2.13. The van der Waals surface area contributed by atoms with Gasteiger partial charge in [-0.2, -0.15) is 0 Å². The zero-order valence-electron chi connectivity index (χ0n) is 10.9. The van der Waals surface area contributed by atoms with Gasteiger partial charge >= 0.3 is 5.97 Å². The summed E-state index contributed by atoms with van der Waals surface area (Å²) in [5.74, 6) is 0.102. The van der Waals surface area contributed by atoms with E-state index < -0.39 is 5.97 Å². The highest BCUT2D eigenvalue weighted by atomic mass is 35.5. The van der Waals surface area contributed by atoms with E-state index in [0.717, 1.165) is 5.56 Å². The number of carboxylic acids is 1. The van der Waals surface area contributed by atoms with Crippen LogP contribution >= 0.6 is 11.6 Å². The fourth-order valence-corrected chi connectivity index (χ4v) is 2.03. The van der Waals surface area contributed by atoms with Gasteiger partial charge < -0.3 is 19.6 Å². The van der Waals surface area contributed by atoms with Crippen molar-refractivity contribution in [1.82, 2.24) is 5.32 Å². The van der Waals surface area contributed by atoms with Gasteiger partial charge in [0.05, 0.1) is 13.7 Å². The Labute approximate surface area is 121 Å². The van der Waals surface area contributed by atoms with Crippen molar-refractivity contribution in [3.05, 3.63) is 52.4 Å². The molecule has 2 aromatic rings. The largest absolute Gasteiger partial charge is 0.496 e. The summed E-state index contributed by atoms with van der Waals surface area (Å²) in [6.45, 7) is 0.896. The molecule has 0 saturated heterocycles. The van der Waals surface area contributed by atoms with Crippen LogP contribution in [0, 0.1) is 0 Å². The number of ether oxygens (including phenoxy) is 1. The average molecular weight is 296 g/mol. The van der Waals surface area contributed by atoms with Crippen LogP contribution in [-0.2, 0) is 13.1 Å². The predicted octanol–water partition coefficient (Wildman–Crippen LogP) is 2.93. The molecular formula is C14H14ClNO4. The number of carbonyl (C=O) groups is 1. The Kier molecular flexibility index (Phi) is 4.65. The van der Waals surface area contributed by atoms with Crippen molar-refractivity contribution in [3.63, 3.8) is 0 Å². The summed E-state index contributed by atoms with van der Waals surface area (Å²) in [6, 6.07) is 8.49. The third-order valence-electron chi connectivity index (χ3n) is 2.77. The van der Waals surface area contributed by atoms with E-state index in [0.29, 0.717) is 29.6 Å². The molecule has 5 nitrogen and oxygen atoms in total. The fraction of sp³-hybridized carbons (Fsp3) is 0.214. The molecule has 1 aromatic heterocycles. The molecule has 0 radical (unpaired) electrons. The summed E-state index contributed by atoms with van der Waals surface area (Å²) in [6.07, 6.45) is 0. The number of furan rings is 1. The number of methoxy groups -OCH3 is 1. The summed E-state index contributed by atoms with van der Waals surface area (Å²) >= 11 is 6.11. The number of hydrogen-bond donors (Lipinski definition) is 2. The Hall–Kier alpha value is -1.98. The molecule has 20 heavy (non-hydrogen) atoms. The maximum Gasteiger partial charge on any atom is 0.371 e. The zero-order chi connectivity index (χ0) is 14.5. The molecule has 0 saturated carbocycles. The molecule has 0 amide bonds. The minimum Gasteiger partial charge on any atom is -0.496 e. The van der Waals surface area contributed by atoms with Gasteiger partial charge in [0.1, 0.15) is 11.5 Å². The summed E-state index contributed by atoms with van der Waals surface area (Å²) in [5.41, 5.74) is 0.849. The molecular weight excluding hydrogens is 282 g/mol. The number of benzene rings is 1. The molecule has 0 aliphatic carbocycles. The molecule has 0 bridgehead atoms. The molecule has 0 fully saturated rings. The van der Waals surface area contributed by atoms with Crippen molar-refractivity contribution in [2.45, 2.75) is 13.1 Å². The second kappa shape index (κ2) is 6.45. The molecule has 0 aliphatic heterocycles. The number of rotatable bonds is 6. The van der Waals surface area contributed by atoms with Crippen molar-refractivity contribution in [2.75, 3.05) is 7.11 Å². The molecule has 106 valence electrons. The summed E-state index contributed by atoms with van der Waals surface area (Å²) < 4.78 is 10.4. The smallest absolute Gasteiger partial charge is 0.371 e. The monoisotopic (exact) mass is 295 g/mol. The van der Waals surface area contributed by atoms with Crippen LogP contribution in [0.15, 0.2) is 34.7 Å². The van der Waals surface area contributed by atoms with E-state index >= 15 is 0 Å². The first-order valence-electron chi connectivity index (χ1n) is 5.96. The van der Waals surface area contributed by atoms with E-state index in [-0.39, 0.29) is 5.76 Å². The molecule has 2 rings (SSSR count). The topological polar surface area (TPSA) is 71.7 Å². The minimum absolute atomic E-state index is 0.0721. The second-order valence-electron chi connectivity index (χ2n) is 4.10. The summed E-state index contributed by atoms with van der Waals surface area (Å²) in [5, 5.41) is 12.5. The number of nitrogens with one attached hydrogen (secondary N) is 1. The number of halogens is 1. The van der Waals surface area contributed by atoms with Crippen LogP contribution < -0.4 is 10.1 Å². The van der Waals surface area contributed by atoms with Crippen molar-refractivity contribution >= 4 is 17.6 Å². The molecule has 0 unspecified atom stereocenters. The molecule has 2 N–H and O–H groups in total. The highest BCUT2D eigenvalue weighted by Gasteiger charge is 2.10. The predicted molar refractivity (Wildman–Crippen MR) is 74.2 cm³/mol. The van der Waals surface area contributed by atoms with Gasteiger partial charge in [-0.25, -0.2) is 4.79 Å². The number of aromatic carboxylic acids is 1. The maximum absolute atomic E-state index is 10.7. The Morgan fingerprint density at radius 3 is 2.80 bits per heavy atom. The van der Waals surface area contributed by atoms with Crippen LogP contribution in [0.25, 0.3) is 0 Å². The van der Waals surface area contributed by atoms with Gasteiger partial charge in [-0.05, 0) is 24.3 Å². The van der Waals surface area contributed by atoms with E-state index in [1.54, 1.807) is 19.2 Å². The Bertz CT molecular complexity index is 609. The summed E-state index contributed by atoms with van der Waals surface area (Å²) in [7, 11) is 1.58. The van der Waals surface area contributed by atoms with Crippen molar-refractivity contribution in [2.24, 2.45) is 0 Å². The highest BCUT2D eigenvalue weighted by Crippen LogP contribution is 2.25. The molecule has 0 spiro atoms. The van der Waals surface area contributed by atoms with Crippen molar-refractivity contribution < 1.29 is 19.1 Å². The first kappa shape index (κ1) is 14.4. The molecule has 1 heterocycles. The third kappa shape index (κ3) is 3.31. The second-order valence-corrected chi connectivity index (χ2v) is 4.50. The molecule has 0 aliphatic rings. The van der Waals surface area contributed by atoms with Gasteiger partial charge in [-0.1, -0.05) is 17.7 Å². The van der Waals surface area contributed by atoms with Crippen LogP contribution in [0.4, 0.5) is 0 Å². The minimum atomic E-state index is -1.08. The van der Waals surface area contributed by atoms with Crippen LogP contribution in [0.5, 0.6) is 5.75 Å². The summed E-state index contributed by atoms with van der Waals surface area (Å²) in [4.78, 5) is 10.7. The van der Waals surface area contributed by atoms with Gasteiger partial charge in [0.25, 0.3) is 0 Å². The van der Waals surface area contributed by atoms with Crippen molar-refractivity contribution in [3.8, 4) is 5.75 Å². The SMILES string of the molecule is COc1cccc(Cl)c1CNCc1ccc(C(=O)O)o1. The normalized spacial score (nSPS) is 10.5. The zero-order valence-corrected chi connectivity index (χ0v) is 11.6. The van der Waals surface area contributed by atoms with Crippen molar-refractivity contribution in [1.29, 1.82) is 0 Å². The van der Waals surface area contributed by atoms with Crippen LogP contribution in [-0.4, -0.2) is 18.2 Å². The highest BCUT2D eigenvalue weighted by molar-refractivity contribution is 6.31. The number of carboxylic acid groups (broad SMARTS) is 1. The quantitative estimate of drug-likeness (QED) is 0.857. The van der Waals surface area contributed by atoms with E-state index in [1.165, 1.54) is 6.07 Å². The third-order valence-corrected chi connectivity index (χ3v) is 3.12. The Balaban J connectivity index is 1.97. The lowest BCUT2D eigenvalue weighted by Gasteiger charge is -2.10. The van der Waals surface area contributed by atoms with Gasteiger partial charge in [-0.15, -0.1) is 0 Å². The fourth-order valence-electron chi connectivity index (χ4n) is 1.80. The molecule has 1 aromatic carbocycles. The lowest BCUT2D eigenvalue weighted by atomic mass is 10.2. The first-order chi connectivity index (χ1) is 9.61. The van der Waals surface area contributed by atoms with Gasteiger partial charge in [0.15, 0.2) is 0 Å². The Morgan fingerprint density at radius 1 is 1.35 bits per heavy atom. The standard InChI is InChI=1S/C14H14ClNO4/c1-19-12-4-2-3-11(15)10(12)8-16-7-9-5-6-13(20-9)14(17)18/h2-6,16H,7-8H2,1H3,(H,17,18). The van der Waals surface area contributed by atoms with Crippen LogP contribution in [0.1, 0.15) is 21.9 Å². The van der Waals surface area contributed by atoms with Gasteiger partial charge in [-0.3, -0.25) is 0 Å². The van der Waals surface area contributed by atoms with E-state index in [4.69, 9.17) is 25.9 Å². The van der Waals surface area contributed by atoms with Crippen LogP contribution in [0.2, 0.25) is 5.02 Å². The Morgan fingerprint density at radius 2 is 2.15 bits per heavy atom. The first-order valence-corrected chi connectivity index (χ1v) is 6.33. The van der Waals surface area contributed by atoms with Gasteiger partial charge in [0, 0.05) is 17.1 Å². The molecule has 6 heteroatoms. The van der Waals surface area contributed by atoms with Crippen LogP contribution in [0.3, 0.4) is 0 Å². The van der Waals surface area contributed by atoms with E-state index in [2.05, 4.69) is 5.32 Å². The maximum atomic E-state index is 10.7. The van der Waals surface area contributed by atoms with E-state index in [1.807, 2.05) is 12.1 Å². The molecule has 0 atom stereocenters. The van der Waals surface area contributed by atoms with E-state index in [9.17, 15) is 4.79 Å². The van der Waals surface area contributed by atoms with Gasteiger partial charge in [0.2, 0.25) is 5.76 Å². The number of hydrogen-bond acceptors (Lipinski definition) is 4.